The van der Waals surface area contributed by atoms with Gasteiger partial charge in [-0.25, -0.2) is 0 Å². The van der Waals surface area contributed by atoms with E-state index in [1.807, 2.05) is 26.8 Å². The number of nitrogens with zero attached hydrogens (tertiary/aromatic N) is 1. The van der Waals surface area contributed by atoms with Gasteiger partial charge in [-0.15, -0.1) is 12.4 Å². The number of halogens is 3. The van der Waals surface area contributed by atoms with Gasteiger partial charge >= 0.3 is 0 Å². The van der Waals surface area contributed by atoms with Crippen molar-refractivity contribution >= 4 is 41.5 Å². The summed E-state index contributed by atoms with van der Waals surface area (Å²) in [6.45, 7) is 7.08. The number of hydrogen-bond donors (Lipinski definition) is 1. The summed E-state index contributed by atoms with van der Waals surface area (Å²) in [4.78, 5) is 14.3. The highest BCUT2D eigenvalue weighted by Crippen LogP contribution is 2.31. The van der Waals surface area contributed by atoms with Crippen molar-refractivity contribution in [2.75, 3.05) is 6.54 Å². The van der Waals surface area contributed by atoms with Gasteiger partial charge in [0.1, 0.15) is 0 Å². The number of fused-ring (bicyclic) bond motifs is 1. The largest absolute Gasteiger partial charge is 0.337 e. The molecule has 0 aromatic heterocycles. The molecule has 0 radical (unpaired) electrons. The highest BCUT2D eigenvalue weighted by molar-refractivity contribution is 6.35. The third-order valence-corrected chi connectivity index (χ3v) is 4.32. The Hall–Kier alpha value is -0.480. The maximum atomic E-state index is 12.5. The van der Waals surface area contributed by atoms with Crippen molar-refractivity contribution in [1.29, 1.82) is 0 Å². The minimum Gasteiger partial charge on any atom is -0.337 e. The molecule has 0 saturated carbocycles. The molecule has 2 rings (SSSR count). The third-order valence-electron chi connectivity index (χ3n) is 3.76. The molecule has 0 bridgehead atoms. The quantitative estimate of drug-likeness (QED) is 0.839. The lowest BCUT2D eigenvalue weighted by molar-refractivity contribution is -0.135. The zero-order valence-electron chi connectivity index (χ0n) is 12.5. The summed E-state index contributed by atoms with van der Waals surface area (Å²) in [5.74, 6) is -0.0193. The number of nitrogens with two attached hydrogens (primary N) is 1. The van der Waals surface area contributed by atoms with Gasteiger partial charge in [-0.2, -0.15) is 0 Å². The summed E-state index contributed by atoms with van der Waals surface area (Å²) in [5.41, 5.74) is 7.92. The van der Waals surface area contributed by atoms with Crippen molar-refractivity contribution in [3.63, 3.8) is 0 Å². The van der Waals surface area contributed by atoms with Crippen LogP contribution >= 0.6 is 35.6 Å². The third kappa shape index (κ3) is 4.04. The number of rotatable bonds is 1. The van der Waals surface area contributed by atoms with E-state index in [1.165, 1.54) is 0 Å². The Morgan fingerprint density at radius 3 is 2.52 bits per heavy atom. The van der Waals surface area contributed by atoms with Crippen LogP contribution < -0.4 is 5.73 Å². The minimum atomic E-state index is -0.505. The Bertz CT molecular complexity index is 540. The van der Waals surface area contributed by atoms with Gasteiger partial charge in [-0.3, -0.25) is 4.79 Å². The standard InChI is InChI=1S/C15H20Cl2N2O.ClH/c1-15(2,3)13(18)14(20)19-5-4-9-6-10(16)7-12(17)11(9)8-19;/h6-7,13H,4-5,8,18H2,1-3H3;1H/t13-;/m1./s1. The van der Waals surface area contributed by atoms with Crippen LogP contribution in [0.1, 0.15) is 31.9 Å². The van der Waals surface area contributed by atoms with E-state index in [4.69, 9.17) is 28.9 Å². The van der Waals surface area contributed by atoms with Gasteiger partial charge in [-0.05, 0) is 35.1 Å². The molecular weight excluding hydrogens is 331 g/mol. The first-order valence-electron chi connectivity index (χ1n) is 6.71. The Balaban J connectivity index is 0.00000220. The second-order valence-electron chi connectivity index (χ2n) is 6.38. The molecule has 6 heteroatoms. The normalized spacial score (nSPS) is 16.0. The molecule has 118 valence electrons. The van der Waals surface area contributed by atoms with Crippen LogP contribution in [-0.2, 0) is 17.8 Å². The van der Waals surface area contributed by atoms with Crippen LogP contribution in [0.2, 0.25) is 10.0 Å². The maximum Gasteiger partial charge on any atom is 0.240 e. The summed E-state index contributed by atoms with van der Waals surface area (Å²) < 4.78 is 0. The molecule has 0 fully saturated rings. The van der Waals surface area contributed by atoms with Gasteiger partial charge in [0.15, 0.2) is 0 Å². The number of benzene rings is 1. The fourth-order valence-electron chi connectivity index (χ4n) is 2.34. The van der Waals surface area contributed by atoms with E-state index in [0.29, 0.717) is 23.1 Å². The van der Waals surface area contributed by atoms with Gasteiger partial charge in [0.25, 0.3) is 0 Å². The second-order valence-corrected chi connectivity index (χ2v) is 7.22. The molecule has 0 spiro atoms. The highest BCUT2D eigenvalue weighted by atomic mass is 35.5. The maximum absolute atomic E-state index is 12.5. The summed E-state index contributed by atoms with van der Waals surface area (Å²) >= 11 is 12.2. The van der Waals surface area contributed by atoms with Crippen molar-refractivity contribution in [1.82, 2.24) is 4.90 Å². The smallest absolute Gasteiger partial charge is 0.240 e. The fraction of sp³-hybridized carbons (Fsp3) is 0.533. The Labute approximate surface area is 142 Å². The molecule has 0 saturated heterocycles. The van der Waals surface area contributed by atoms with Gasteiger partial charge in [0.2, 0.25) is 5.91 Å². The lowest BCUT2D eigenvalue weighted by Crippen LogP contribution is -2.51. The van der Waals surface area contributed by atoms with E-state index >= 15 is 0 Å². The summed E-state index contributed by atoms with van der Waals surface area (Å²) in [7, 11) is 0. The van der Waals surface area contributed by atoms with Crippen molar-refractivity contribution in [3.8, 4) is 0 Å². The van der Waals surface area contributed by atoms with Crippen LogP contribution in [0.5, 0.6) is 0 Å². The predicted molar refractivity (Wildman–Crippen MR) is 90.3 cm³/mol. The van der Waals surface area contributed by atoms with E-state index in [1.54, 1.807) is 11.0 Å². The lowest BCUT2D eigenvalue weighted by atomic mass is 9.86. The van der Waals surface area contributed by atoms with E-state index < -0.39 is 6.04 Å². The molecule has 1 aliphatic rings. The number of carbonyl (C=O) groups is 1. The first-order valence-corrected chi connectivity index (χ1v) is 7.47. The molecule has 1 aliphatic heterocycles. The van der Waals surface area contributed by atoms with Crippen LogP contribution in [0.15, 0.2) is 12.1 Å². The van der Waals surface area contributed by atoms with Crippen LogP contribution in [0.3, 0.4) is 0 Å². The highest BCUT2D eigenvalue weighted by Gasteiger charge is 2.33. The number of hydrogen-bond acceptors (Lipinski definition) is 2. The van der Waals surface area contributed by atoms with E-state index in [-0.39, 0.29) is 23.7 Å². The van der Waals surface area contributed by atoms with Crippen molar-refractivity contribution in [2.45, 2.75) is 39.8 Å². The van der Waals surface area contributed by atoms with Gasteiger partial charge in [-0.1, -0.05) is 44.0 Å². The fourth-order valence-corrected chi connectivity index (χ4v) is 2.93. The summed E-state index contributed by atoms with van der Waals surface area (Å²) in [5, 5.41) is 1.26. The summed E-state index contributed by atoms with van der Waals surface area (Å²) in [6, 6.07) is 3.14. The molecule has 0 unspecified atom stereocenters. The average Bonchev–Trinajstić information content (AvgIpc) is 2.35. The molecule has 0 aliphatic carbocycles. The van der Waals surface area contributed by atoms with Crippen LogP contribution in [-0.4, -0.2) is 23.4 Å². The molecule has 1 aromatic rings. The molecule has 1 atom stereocenters. The minimum absolute atomic E-state index is 0. The molecule has 2 N–H and O–H groups in total. The molecule has 1 heterocycles. The van der Waals surface area contributed by atoms with Crippen molar-refractivity contribution in [2.24, 2.45) is 11.1 Å². The lowest BCUT2D eigenvalue weighted by Gasteiger charge is -2.35. The Morgan fingerprint density at radius 1 is 1.33 bits per heavy atom. The van der Waals surface area contributed by atoms with Crippen molar-refractivity contribution < 1.29 is 4.79 Å². The zero-order valence-corrected chi connectivity index (χ0v) is 14.8. The SMILES string of the molecule is CC(C)(C)[C@H](N)C(=O)N1CCc2cc(Cl)cc(Cl)c2C1.Cl. The second kappa shape index (κ2) is 6.74. The first kappa shape index (κ1) is 18.6. The van der Waals surface area contributed by atoms with Crippen LogP contribution in [0.4, 0.5) is 0 Å². The van der Waals surface area contributed by atoms with E-state index in [0.717, 1.165) is 17.5 Å². The van der Waals surface area contributed by atoms with Gasteiger partial charge in [0.05, 0.1) is 6.04 Å². The zero-order chi connectivity index (χ0) is 15.1. The average molecular weight is 352 g/mol. The summed E-state index contributed by atoms with van der Waals surface area (Å²) in [6.07, 6.45) is 0.762. The molecule has 1 amide bonds. The molecule has 3 nitrogen and oxygen atoms in total. The topological polar surface area (TPSA) is 46.3 Å². The molecular formula is C15H21Cl3N2O. The predicted octanol–water partition coefficient (Wildman–Crippen LogP) is 3.67. The number of carbonyl (C=O) groups excluding carboxylic acids is 1. The Kier molecular flexibility index (Phi) is 5.96. The van der Waals surface area contributed by atoms with E-state index in [9.17, 15) is 4.79 Å². The number of amides is 1. The van der Waals surface area contributed by atoms with E-state index in [2.05, 4.69) is 0 Å². The Morgan fingerprint density at radius 2 is 1.95 bits per heavy atom. The van der Waals surface area contributed by atoms with Crippen LogP contribution in [0, 0.1) is 5.41 Å². The first-order chi connectivity index (χ1) is 9.20. The molecule has 1 aromatic carbocycles. The van der Waals surface area contributed by atoms with Crippen LogP contribution in [0.25, 0.3) is 0 Å². The van der Waals surface area contributed by atoms with Crippen molar-refractivity contribution in [3.05, 3.63) is 33.3 Å². The monoisotopic (exact) mass is 350 g/mol. The van der Waals surface area contributed by atoms with Gasteiger partial charge in [0, 0.05) is 23.1 Å². The van der Waals surface area contributed by atoms with Gasteiger partial charge < -0.3 is 10.6 Å². The molecule has 21 heavy (non-hydrogen) atoms.